The fraction of sp³-hybridized carbons (Fsp3) is 0.471. The van der Waals surface area contributed by atoms with Gasteiger partial charge < -0.3 is 10.6 Å². The molecule has 0 spiro atoms. The molecule has 6 nitrogen and oxygen atoms in total. The van der Waals surface area contributed by atoms with Crippen molar-refractivity contribution >= 4 is 6.03 Å². The van der Waals surface area contributed by atoms with E-state index in [2.05, 4.69) is 20.7 Å². The quantitative estimate of drug-likeness (QED) is 0.891. The number of carbonyl (C=O) groups is 1. The van der Waals surface area contributed by atoms with Crippen molar-refractivity contribution in [2.45, 2.75) is 44.7 Å². The topological polar surface area (TPSA) is 71.8 Å². The fourth-order valence-corrected chi connectivity index (χ4v) is 2.90. The predicted molar refractivity (Wildman–Crippen MR) is 88.9 cm³/mol. The molecule has 1 fully saturated rings. The van der Waals surface area contributed by atoms with Gasteiger partial charge in [0.05, 0.1) is 12.2 Å². The Morgan fingerprint density at radius 1 is 1.17 bits per heavy atom. The van der Waals surface area contributed by atoms with E-state index in [1.165, 1.54) is 19.3 Å². The second-order valence-corrected chi connectivity index (χ2v) is 5.91. The first-order chi connectivity index (χ1) is 11.3. The zero-order valence-corrected chi connectivity index (χ0v) is 13.2. The van der Waals surface area contributed by atoms with Crippen LogP contribution in [0, 0.1) is 0 Å². The molecule has 0 saturated heterocycles. The second kappa shape index (κ2) is 7.76. The normalized spacial score (nSPS) is 15.3. The minimum absolute atomic E-state index is 0.0750. The SMILES string of the molecule is O=C(NCCn1ccc(-c2ccccn2)n1)NC1CCCCC1. The lowest BCUT2D eigenvalue weighted by Gasteiger charge is -2.22. The molecule has 2 amide bonds. The molecule has 2 aromatic rings. The van der Waals surface area contributed by atoms with Gasteiger partial charge in [0.2, 0.25) is 0 Å². The molecule has 0 radical (unpaired) electrons. The van der Waals surface area contributed by atoms with Crippen molar-refractivity contribution in [2.24, 2.45) is 0 Å². The lowest BCUT2D eigenvalue weighted by atomic mass is 9.96. The van der Waals surface area contributed by atoms with Gasteiger partial charge >= 0.3 is 6.03 Å². The van der Waals surface area contributed by atoms with E-state index in [-0.39, 0.29) is 6.03 Å². The third kappa shape index (κ3) is 4.55. The molecule has 2 N–H and O–H groups in total. The molecule has 0 atom stereocenters. The van der Waals surface area contributed by atoms with Crippen LogP contribution in [0.3, 0.4) is 0 Å². The van der Waals surface area contributed by atoms with Crippen molar-refractivity contribution in [3.63, 3.8) is 0 Å². The highest BCUT2D eigenvalue weighted by molar-refractivity contribution is 5.74. The molecule has 2 aromatic heterocycles. The average molecular weight is 313 g/mol. The molecule has 0 aromatic carbocycles. The van der Waals surface area contributed by atoms with Crippen LogP contribution in [0.5, 0.6) is 0 Å². The lowest BCUT2D eigenvalue weighted by Crippen LogP contribution is -2.43. The summed E-state index contributed by atoms with van der Waals surface area (Å²) in [6.45, 7) is 1.20. The Bertz CT molecular complexity index is 619. The zero-order valence-electron chi connectivity index (χ0n) is 13.2. The molecule has 0 aliphatic heterocycles. The first kappa shape index (κ1) is 15.5. The first-order valence-electron chi connectivity index (χ1n) is 8.30. The summed E-state index contributed by atoms with van der Waals surface area (Å²) in [6, 6.07) is 7.96. The van der Waals surface area contributed by atoms with Crippen LogP contribution in [0.15, 0.2) is 36.7 Å². The summed E-state index contributed by atoms with van der Waals surface area (Å²) in [5, 5.41) is 10.4. The Morgan fingerprint density at radius 2 is 2.04 bits per heavy atom. The molecule has 1 saturated carbocycles. The van der Waals surface area contributed by atoms with Crippen LogP contribution in [-0.4, -0.2) is 33.4 Å². The number of hydrogen-bond donors (Lipinski definition) is 2. The van der Waals surface area contributed by atoms with Gasteiger partial charge in [0, 0.05) is 25.0 Å². The molecule has 23 heavy (non-hydrogen) atoms. The summed E-state index contributed by atoms with van der Waals surface area (Å²) in [4.78, 5) is 16.1. The van der Waals surface area contributed by atoms with Crippen molar-refractivity contribution in [1.29, 1.82) is 0 Å². The largest absolute Gasteiger partial charge is 0.336 e. The highest BCUT2D eigenvalue weighted by Gasteiger charge is 2.15. The highest BCUT2D eigenvalue weighted by Crippen LogP contribution is 2.17. The van der Waals surface area contributed by atoms with E-state index in [9.17, 15) is 4.79 Å². The number of hydrogen-bond acceptors (Lipinski definition) is 3. The van der Waals surface area contributed by atoms with Gasteiger partial charge in [-0.1, -0.05) is 25.3 Å². The summed E-state index contributed by atoms with van der Waals surface area (Å²) in [6.07, 6.45) is 9.58. The van der Waals surface area contributed by atoms with E-state index in [1.54, 1.807) is 6.20 Å². The third-order valence-corrected chi connectivity index (χ3v) is 4.13. The van der Waals surface area contributed by atoms with Crippen LogP contribution >= 0.6 is 0 Å². The highest BCUT2D eigenvalue weighted by atomic mass is 16.2. The van der Waals surface area contributed by atoms with E-state index >= 15 is 0 Å². The Labute approximate surface area is 136 Å². The molecular formula is C17H23N5O. The van der Waals surface area contributed by atoms with Crippen LogP contribution in [0.25, 0.3) is 11.4 Å². The number of nitrogens with one attached hydrogen (secondary N) is 2. The lowest BCUT2D eigenvalue weighted by molar-refractivity contribution is 0.232. The van der Waals surface area contributed by atoms with Crippen molar-refractivity contribution in [3.8, 4) is 11.4 Å². The monoisotopic (exact) mass is 313 g/mol. The third-order valence-electron chi connectivity index (χ3n) is 4.13. The number of amides is 2. The Kier molecular flexibility index (Phi) is 5.24. The van der Waals surface area contributed by atoms with Gasteiger partial charge in [-0.25, -0.2) is 4.79 Å². The fourth-order valence-electron chi connectivity index (χ4n) is 2.90. The second-order valence-electron chi connectivity index (χ2n) is 5.91. The first-order valence-corrected chi connectivity index (χ1v) is 8.30. The molecule has 0 bridgehead atoms. The minimum atomic E-state index is -0.0750. The maximum absolute atomic E-state index is 11.9. The minimum Gasteiger partial charge on any atom is -0.336 e. The molecule has 6 heteroatoms. The molecule has 1 aliphatic rings. The Balaban J connectivity index is 1.42. The molecule has 3 rings (SSSR count). The number of pyridine rings is 1. The molecule has 0 unspecified atom stereocenters. The standard InChI is InChI=1S/C17H23N5O/c23-17(20-14-6-2-1-3-7-14)19-11-13-22-12-9-16(21-22)15-8-4-5-10-18-15/h4-5,8-10,12,14H,1-3,6-7,11,13H2,(H2,19,20,23). The van der Waals surface area contributed by atoms with Crippen LogP contribution in [0.2, 0.25) is 0 Å². The number of carbonyl (C=O) groups excluding carboxylic acids is 1. The van der Waals surface area contributed by atoms with Crippen LogP contribution in [0.1, 0.15) is 32.1 Å². The Morgan fingerprint density at radius 3 is 2.83 bits per heavy atom. The summed E-state index contributed by atoms with van der Waals surface area (Å²) in [5.74, 6) is 0. The van der Waals surface area contributed by atoms with E-state index in [0.717, 1.165) is 24.2 Å². The van der Waals surface area contributed by atoms with Crippen molar-refractivity contribution in [2.75, 3.05) is 6.54 Å². The maximum Gasteiger partial charge on any atom is 0.315 e. The predicted octanol–water partition coefficient (Wildman–Crippen LogP) is 2.58. The number of urea groups is 1. The van der Waals surface area contributed by atoms with Gasteiger partial charge in [0.15, 0.2) is 0 Å². The van der Waals surface area contributed by atoms with E-state index in [1.807, 2.05) is 35.1 Å². The summed E-state index contributed by atoms with van der Waals surface area (Å²) < 4.78 is 1.82. The number of nitrogens with zero attached hydrogens (tertiary/aromatic N) is 3. The van der Waals surface area contributed by atoms with Crippen molar-refractivity contribution in [1.82, 2.24) is 25.4 Å². The molecule has 122 valence electrons. The van der Waals surface area contributed by atoms with Gasteiger partial charge in [-0.2, -0.15) is 5.10 Å². The summed E-state index contributed by atoms with van der Waals surface area (Å²) in [7, 11) is 0. The zero-order chi connectivity index (χ0) is 15.9. The van der Waals surface area contributed by atoms with Gasteiger partial charge in [-0.05, 0) is 31.0 Å². The molecule has 1 aliphatic carbocycles. The number of rotatable bonds is 5. The van der Waals surface area contributed by atoms with Gasteiger partial charge in [-0.15, -0.1) is 0 Å². The smallest absolute Gasteiger partial charge is 0.315 e. The summed E-state index contributed by atoms with van der Waals surface area (Å²) >= 11 is 0. The van der Waals surface area contributed by atoms with Gasteiger partial charge in [0.1, 0.15) is 5.69 Å². The number of aromatic nitrogens is 3. The molecule has 2 heterocycles. The van der Waals surface area contributed by atoms with Crippen LogP contribution in [0.4, 0.5) is 4.79 Å². The van der Waals surface area contributed by atoms with E-state index in [0.29, 0.717) is 19.1 Å². The molecular weight excluding hydrogens is 290 g/mol. The Hall–Kier alpha value is -2.37. The van der Waals surface area contributed by atoms with Gasteiger partial charge in [0.25, 0.3) is 0 Å². The maximum atomic E-state index is 11.9. The van der Waals surface area contributed by atoms with E-state index in [4.69, 9.17) is 0 Å². The van der Waals surface area contributed by atoms with Crippen molar-refractivity contribution in [3.05, 3.63) is 36.7 Å². The van der Waals surface area contributed by atoms with Crippen LogP contribution in [-0.2, 0) is 6.54 Å². The van der Waals surface area contributed by atoms with Crippen LogP contribution < -0.4 is 10.6 Å². The summed E-state index contributed by atoms with van der Waals surface area (Å²) in [5.41, 5.74) is 1.70. The van der Waals surface area contributed by atoms with Gasteiger partial charge in [-0.3, -0.25) is 9.67 Å². The van der Waals surface area contributed by atoms with Crippen molar-refractivity contribution < 1.29 is 4.79 Å². The van der Waals surface area contributed by atoms with E-state index < -0.39 is 0 Å². The average Bonchev–Trinajstić information content (AvgIpc) is 3.05.